The zero-order valence-electron chi connectivity index (χ0n) is 11.8. The van der Waals surface area contributed by atoms with E-state index in [0.717, 1.165) is 6.42 Å². The van der Waals surface area contributed by atoms with E-state index >= 15 is 0 Å². The van der Waals surface area contributed by atoms with Crippen LogP contribution in [0.15, 0.2) is 53.6 Å². The number of nitrogens with one attached hydrogen (secondary N) is 1. The molecule has 0 radical (unpaired) electrons. The Hall–Kier alpha value is -2.82. The van der Waals surface area contributed by atoms with Crippen LogP contribution in [0.3, 0.4) is 0 Å². The van der Waals surface area contributed by atoms with Crippen molar-refractivity contribution in [2.45, 2.75) is 12.3 Å². The summed E-state index contributed by atoms with van der Waals surface area (Å²) in [4.78, 5) is 12.0. The predicted molar refractivity (Wildman–Crippen MR) is 82.8 cm³/mol. The van der Waals surface area contributed by atoms with Crippen molar-refractivity contribution >= 4 is 12.1 Å². The van der Waals surface area contributed by atoms with Crippen LogP contribution in [0, 0.1) is 5.92 Å². The summed E-state index contributed by atoms with van der Waals surface area (Å²) in [6, 6.07) is 14.1. The average Bonchev–Trinajstić information content (AvgIpc) is 3.31. The maximum Gasteiger partial charge on any atom is 0.243 e. The van der Waals surface area contributed by atoms with Gasteiger partial charge in [-0.1, -0.05) is 30.3 Å². The molecular formula is C17H16N2O3. The second-order valence-corrected chi connectivity index (χ2v) is 5.34. The van der Waals surface area contributed by atoms with Crippen molar-refractivity contribution in [2.75, 3.05) is 0 Å². The summed E-state index contributed by atoms with van der Waals surface area (Å²) in [6.45, 7) is 0. The van der Waals surface area contributed by atoms with Crippen LogP contribution in [0.25, 0.3) is 0 Å². The number of phenols is 2. The molecule has 112 valence electrons. The Morgan fingerprint density at radius 2 is 1.95 bits per heavy atom. The van der Waals surface area contributed by atoms with Crippen LogP contribution in [0.5, 0.6) is 11.5 Å². The number of rotatable bonds is 4. The summed E-state index contributed by atoms with van der Waals surface area (Å²) in [5.74, 6) is -0.0243. The molecule has 22 heavy (non-hydrogen) atoms. The molecule has 2 aromatic rings. The molecule has 1 aliphatic rings. The van der Waals surface area contributed by atoms with Crippen LogP contribution in [0.2, 0.25) is 0 Å². The molecule has 0 aliphatic heterocycles. The Morgan fingerprint density at radius 1 is 1.18 bits per heavy atom. The molecular weight excluding hydrogens is 280 g/mol. The van der Waals surface area contributed by atoms with Gasteiger partial charge in [0.15, 0.2) is 0 Å². The van der Waals surface area contributed by atoms with E-state index < -0.39 is 0 Å². The quantitative estimate of drug-likeness (QED) is 0.598. The highest BCUT2D eigenvalue weighted by Gasteiger charge is 2.43. The van der Waals surface area contributed by atoms with Crippen molar-refractivity contribution < 1.29 is 15.0 Å². The number of aromatic hydroxyl groups is 2. The normalized spacial score (nSPS) is 20.0. The minimum absolute atomic E-state index is 0.0256. The molecule has 0 spiro atoms. The fraction of sp³-hybridized carbons (Fsp3) is 0.176. The molecule has 0 saturated heterocycles. The minimum Gasteiger partial charge on any atom is -0.508 e. The SMILES string of the molecule is O=C(N/N=C/c1ccc(O)cc1O)C1CC1c1ccccc1. The lowest BCUT2D eigenvalue weighted by molar-refractivity contribution is -0.122. The van der Waals surface area contributed by atoms with E-state index in [-0.39, 0.29) is 29.2 Å². The van der Waals surface area contributed by atoms with Gasteiger partial charge in [0, 0.05) is 17.5 Å². The van der Waals surface area contributed by atoms with Crippen molar-refractivity contribution in [1.82, 2.24) is 5.43 Å². The zero-order chi connectivity index (χ0) is 15.5. The van der Waals surface area contributed by atoms with E-state index in [1.807, 2.05) is 30.3 Å². The lowest BCUT2D eigenvalue weighted by Gasteiger charge is -2.01. The van der Waals surface area contributed by atoms with Gasteiger partial charge >= 0.3 is 0 Å². The summed E-state index contributed by atoms with van der Waals surface area (Å²) in [5.41, 5.74) is 4.09. The number of nitrogens with zero attached hydrogens (tertiary/aromatic N) is 1. The summed E-state index contributed by atoms with van der Waals surface area (Å²) in [7, 11) is 0. The molecule has 1 saturated carbocycles. The molecule has 5 nitrogen and oxygen atoms in total. The maximum absolute atomic E-state index is 12.0. The lowest BCUT2D eigenvalue weighted by atomic mass is 10.1. The van der Waals surface area contributed by atoms with Crippen molar-refractivity contribution in [1.29, 1.82) is 0 Å². The number of carbonyl (C=O) groups is 1. The first kappa shape index (κ1) is 14.1. The third-order valence-electron chi connectivity index (χ3n) is 3.75. The molecule has 1 amide bonds. The first-order chi connectivity index (χ1) is 10.6. The Morgan fingerprint density at radius 3 is 2.68 bits per heavy atom. The molecule has 1 fully saturated rings. The van der Waals surface area contributed by atoms with Crippen LogP contribution in [-0.4, -0.2) is 22.3 Å². The van der Waals surface area contributed by atoms with Gasteiger partial charge in [-0.25, -0.2) is 5.43 Å². The molecule has 2 aromatic carbocycles. The molecule has 0 bridgehead atoms. The van der Waals surface area contributed by atoms with Crippen LogP contribution < -0.4 is 5.43 Å². The zero-order valence-corrected chi connectivity index (χ0v) is 11.8. The van der Waals surface area contributed by atoms with Crippen molar-refractivity contribution in [2.24, 2.45) is 11.0 Å². The lowest BCUT2D eigenvalue weighted by Crippen LogP contribution is -2.20. The van der Waals surface area contributed by atoms with Gasteiger partial charge in [0.1, 0.15) is 11.5 Å². The van der Waals surface area contributed by atoms with Crippen LogP contribution in [0.4, 0.5) is 0 Å². The van der Waals surface area contributed by atoms with Crippen molar-refractivity contribution in [3.05, 3.63) is 59.7 Å². The van der Waals surface area contributed by atoms with E-state index in [0.29, 0.717) is 5.56 Å². The monoisotopic (exact) mass is 296 g/mol. The van der Waals surface area contributed by atoms with E-state index in [4.69, 9.17) is 0 Å². The van der Waals surface area contributed by atoms with E-state index in [1.165, 1.54) is 30.0 Å². The summed E-state index contributed by atoms with van der Waals surface area (Å²) in [6.07, 6.45) is 2.18. The molecule has 2 atom stereocenters. The Balaban J connectivity index is 1.56. The molecule has 3 N–H and O–H groups in total. The summed E-state index contributed by atoms with van der Waals surface area (Å²) < 4.78 is 0. The fourth-order valence-corrected chi connectivity index (χ4v) is 2.44. The van der Waals surface area contributed by atoms with Gasteiger partial charge < -0.3 is 10.2 Å². The molecule has 0 heterocycles. The Bertz CT molecular complexity index is 713. The summed E-state index contributed by atoms with van der Waals surface area (Å²) in [5, 5.41) is 22.7. The first-order valence-corrected chi connectivity index (χ1v) is 7.05. The number of phenolic OH excluding ortho intramolecular Hbond substituents is 2. The van der Waals surface area contributed by atoms with Crippen LogP contribution in [-0.2, 0) is 4.79 Å². The fourth-order valence-electron chi connectivity index (χ4n) is 2.44. The number of amides is 1. The number of hydrogen-bond acceptors (Lipinski definition) is 4. The highest BCUT2D eigenvalue weighted by atomic mass is 16.3. The van der Waals surface area contributed by atoms with Gasteiger partial charge in [0.25, 0.3) is 0 Å². The average molecular weight is 296 g/mol. The number of benzene rings is 2. The van der Waals surface area contributed by atoms with Crippen LogP contribution >= 0.6 is 0 Å². The predicted octanol–water partition coefficient (Wildman–Crippen LogP) is 2.35. The van der Waals surface area contributed by atoms with Gasteiger partial charge in [-0.05, 0) is 30.0 Å². The minimum atomic E-state index is -0.122. The third-order valence-corrected chi connectivity index (χ3v) is 3.75. The van der Waals surface area contributed by atoms with Gasteiger partial charge in [-0.3, -0.25) is 4.79 Å². The number of carbonyl (C=O) groups excluding carboxylic acids is 1. The van der Waals surface area contributed by atoms with Crippen LogP contribution in [0.1, 0.15) is 23.5 Å². The first-order valence-electron chi connectivity index (χ1n) is 7.05. The standard InChI is InChI=1S/C17H16N2O3/c20-13-7-6-12(16(21)8-13)10-18-19-17(22)15-9-14(15)11-4-2-1-3-5-11/h1-8,10,14-15,20-21H,9H2,(H,19,22)/b18-10+. The second kappa shape index (κ2) is 5.89. The molecule has 2 unspecified atom stereocenters. The van der Waals surface area contributed by atoms with Gasteiger partial charge in [0.05, 0.1) is 6.21 Å². The van der Waals surface area contributed by atoms with Crippen molar-refractivity contribution in [3.8, 4) is 11.5 Å². The van der Waals surface area contributed by atoms with E-state index in [2.05, 4.69) is 10.5 Å². The molecule has 1 aliphatic carbocycles. The number of hydrazone groups is 1. The third kappa shape index (κ3) is 3.09. The van der Waals surface area contributed by atoms with E-state index in [1.54, 1.807) is 0 Å². The summed E-state index contributed by atoms with van der Waals surface area (Å²) >= 11 is 0. The van der Waals surface area contributed by atoms with Gasteiger partial charge in [-0.2, -0.15) is 5.10 Å². The smallest absolute Gasteiger partial charge is 0.243 e. The maximum atomic E-state index is 12.0. The molecule has 5 heteroatoms. The van der Waals surface area contributed by atoms with Gasteiger partial charge in [-0.15, -0.1) is 0 Å². The van der Waals surface area contributed by atoms with Gasteiger partial charge in [0.2, 0.25) is 5.91 Å². The molecule has 0 aromatic heterocycles. The largest absolute Gasteiger partial charge is 0.508 e. The number of hydrogen-bond donors (Lipinski definition) is 3. The Kier molecular flexibility index (Phi) is 3.78. The van der Waals surface area contributed by atoms with E-state index in [9.17, 15) is 15.0 Å². The van der Waals surface area contributed by atoms with Crippen molar-refractivity contribution in [3.63, 3.8) is 0 Å². The topological polar surface area (TPSA) is 81.9 Å². The second-order valence-electron chi connectivity index (χ2n) is 5.34. The Labute approximate surface area is 127 Å². The highest BCUT2D eigenvalue weighted by Crippen LogP contribution is 2.47. The highest BCUT2D eigenvalue weighted by molar-refractivity contribution is 5.87. The molecule has 3 rings (SSSR count).